The van der Waals surface area contributed by atoms with Gasteiger partial charge >= 0.3 is 11.8 Å². The van der Waals surface area contributed by atoms with Gasteiger partial charge in [-0.15, -0.1) is 0 Å². The molecule has 1 amide bonds. The summed E-state index contributed by atoms with van der Waals surface area (Å²) in [5.41, 5.74) is 0.0389. The number of rotatable bonds is 3. The number of nitrogens with one attached hydrogen (secondary N) is 1. The molecule has 1 aromatic rings. The highest BCUT2D eigenvalue weighted by Gasteiger charge is 2.38. The van der Waals surface area contributed by atoms with Crippen LogP contribution in [0.25, 0.3) is 0 Å². The molecule has 2 unspecified atom stereocenters. The number of aromatic nitrogens is 1. The van der Waals surface area contributed by atoms with Crippen LogP contribution < -0.4 is 0 Å². The normalized spacial score (nSPS) is 22.6. The van der Waals surface area contributed by atoms with Crippen LogP contribution in [0.1, 0.15) is 30.3 Å². The number of hydrogen-bond donors (Lipinski definition) is 2. The van der Waals surface area contributed by atoms with Gasteiger partial charge in [-0.2, -0.15) is 0 Å². The van der Waals surface area contributed by atoms with Crippen molar-refractivity contribution in [3.8, 4) is 0 Å². The zero-order valence-corrected chi connectivity index (χ0v) is 10.9. The third kappa shape index (κ3) is 2.49. The van der Waals surface area contributed by atoms with Gasteiger partial charge in [0.25, 0.3) is 5.91 Å². The number of amides is 1. The van der Waals surface area contributed by atoms with E-state index >= 15 is 0 Å². The molecule has 0 bridgehead atoms. The molecule has 0 radical (unpaired) electrons. The highest BCUT2D eigenvalue weighted by atomic mass is 16.6. The summed E-state index contributed by atoms with van der Waals surface area (Å²) < 4.78 is 0. The Kier molecular flexibility index (Phi) is 3.73. The van der Waals surface area contributed by atoms with Crippen molar-refractivity contribution in [2.24, 2.45) is 5.92 Å². The summed E-state index contributed by atoms with van der Waals surface area (Å²) in [4.78, 5) is 37.2. The minimum atomic E-state index is -1.05. The molecule has 0 saturated carbocycles. The Bertz CT molecular complexity index is 553. The van der Waals surface area contributed by atoms with Crippen LogP contribution in [0.4, 0.5) is 5.82 Å². The van der Waals surface area contributed by atoms with Crippen LogP contribution in [0.15, 0.2) is 12.1 Å². The van der Waals surface area contributed by atoms with Gasteiger partial charge in [0.2, 0.25) is 0 Å². The van der Waals surface area contributed by atoms with Gasteiger partial charge in [0, 0.05) is 12.6 Å². The van der Waals surface area contributed by atoms with Gasteiger partial charge in [-0.05, 0) is 29.7 Å². The summed E-state index contributed by atoms with van der Waals surface area (Å²) in [7, 11) is 0. The van der Waals surface area contributed by atoms with Crippen LogP contribution in [-0.4, -0.2) is 44.4 Å². The summed E-state index contributed by atoms with van der Waals surface area (Å²) in [5.74, 6) is -2.00. The third-order valence-corrected chi connectivity index (χ3v) is 3.54. The molecule has 2 N–H and O–H groups in total. The van der Waals surface area contributed by atoms with Crippen molar-refractivity contribution in [3.63, 3.8) is 0 Å². The van der Waals surface area contributed by atoms with Crippen LogP contribution in [0.5, 0.6) is 0 Å². The van der Waals surface area contributed by atoms with Crippen molar-refractivity contribution < 1.29 is 19.6 Å². The molecule has 20 heavy (non-hydrogen) atoms. The van der Waals surface area contributed by atoms with Crippen molar-refractivity contribution in [2.45, 2.75) is 25.8 Å². The van der Waals surface area contributed by atoms with E-state index in [1.807, 2.05) is 0 Å². The van der Waals surface area contributed by atoms with E-state index in [1.165, 1.54) is 17.0 Å². The summed E-state index contributed by atoms with van der Waals surface area (Å²) in [6, 6.07) is 1.60. The number of aromatic amines is 1. The first-order chi connectivity index (χ1) is 9.41. The second-order valence-electron chi connectivity index (χ2n) is 4.92. The summed E-state index contributed by atoms with van der Waals surface area (Å²) in [6.45, 7) is 2.13. The number of H-pyrrole nitrogens is 1. The van der Waals surface area contributed by atoms with Gasteiger partial charge in [-0.1, -0.05) is 6.92 Å². The second-order valence-corrected chi connectivity index (χ2v) is 4.92. The largest absolute Gasteiger partial charge is 0.480 e. The first kappa shape index (κ1) is 14.0. The SMILES string of the molecule is CC1CCCN(C(=O)c2ccc([N+](=O)[O-])[nH]2)C1C(=O)O. The number of piperidine rings is 1. The van der Waals surface area contributed by atoms with E-state index in [0.717, 1.165) is 12.8 Å². The number of nitro groups is 1. The number of likely N-dealkylation sites (tertiary alicyclic amines) is 1. The third-order valence-electron chi connectivity index (χ3n) is 3.54. The van der Waals surface area contributed by atoms with E-state index in [4.69, 9.17) is 0 Å². The van der Waals surface area contributed by atoms with E-state index in [2.05, 4.69) is 4.98 Å². The van der Waals surface area contributed by atoms with E-state index in [0.29, 0.717) is 6.54 Å². The topological polar surface area (TPSA) is 117 Å². The Labute approximate surface area is 114 Å². The molecule has 1 fully saturated rings. The average molecular weight is 281 g/mol. The van der Waals surface area contributed by atoms with E-state index in [-0.39, 0.29) is 17.4 Å². The zero-order valence-electron chi connectivity index (χ0n) is 10.9. The van der Waals surface area contributed by atoms with E-state index in [1.54, 1.807) is 6.92 Å². The standard InChI is InChI=1S/C12H15N3O5/c1-7-3-2-6-14(10(7)12(17)18)11(16)8-4-5-9(13-8)15(19)20/h4-5,7,10,13H,2-3,6H2,1H3,(H,17,18). The molecule has 0 aromatic carbocycles. The molecule has 108 valence electrons. The number of carboxylic acids is 1. The number of aliphatic carboxylic acids is 1. The van der Waals surface area contributed by atoms with E-state index in [9.17, 15) is 24.8 Å². The molecule has 2 heterocycles. The number of carboxylic acid groups (broad SMARTS) is 1. The molecule has 1 aliphatic rings. The zero-order chi connectivity index (χ0) is 14.9. The molecule has 0 spiro atoms. The first-order valence-electron chi connectivity index (χ1n) is 6.29. The molecule has 1 aliphatic heterocycles. The van der Waals surface area contributed by atoms with Gasteiger partial charge in [0.1, 0.15) is 6.04 Å². The van der Waals surface area contributed by atoms with Gasteiger partial charge in [-0.25, -0.2) is 9.78 Å². The predicted octanol–water partition coefficient (Wildman–Crippen LogP) is 1.25. The Morgan fingerprint density at radius 3 is 2.75 bits per heavy atom. The quantitative estimate of drug-likeness (QED) is 0.638. The molecule has 8 nitrogen and oxygen atoms in total. The minimum absolute atomic E-state index is 0.0389. The van der Waals surface area contributed by atoms with Crippen LogP contribution >= 0.6 is 0 Å². The lowest BCUT2D eigenvalue weighted by molar-refractivity contribution is -0.389. The van der Waals surface area contributed by atoms with Gasteiger partial charge in [-0.3, -0.25) is 4.79 Å². The Hall–Kier alpha value is -2.38. The molecular formula is C12H15N3O5. The van der Waals surface area contributed by atoms with Gasteiger partial charge < -0.3 is 20.1 Å². The second kappa shape index (κ2) is 5.32. The molecule has 0 aliphatic carbocycles. The summed E-state index contributed by atoms with van der Waals surface area (Å²) in [5, 5.41) is 19.8. The molecule has 1 saturated heterocycles. The Morgan fingerprint density at radius 2 is 2.20 bits per heavy atom. The summed E-state index contributed by atoms with van der Waals surface area (Å²) in [6.07, 6.45) is 1.46. The van der Waals surface area contributed by atoms with Crippen molar-refractivity contribution in [2.75, 3.05) is 6.54 Å². The number of carbonyl (C=O) groups excluding carboxylic acids is 1. The van der Waals surface area contributed by atoms with Gasteiger partial charge in [0.05, 0.1) is 0 Å². The molecule has 2 atom stereocenters. The highest BCUT2D eigenvalue weighted by Crippen LogP contribution is 2.25. The van der Waals surface area contributed by atoms with Crippen molar-refractivity contribution >= 4 is 17.7 Å². The van der Waals surface area contributed by atoms with Crippen molar-refractivity contribution in [1.29, 1.82) is 0 Å². The monoisotopic (exact) mass is 281 g/mol. The maximum absolute atomic E-state index is 12.3. The Balaban J connectivity index is 2.25. The fourth-order valence-electron chi connectivity index (χ4n) is 2.56. The van der Waals surface area contributed by atoms with Crippen LogP contribution in [0.2, 0.25) is 0 Å². The van der Waals surface area contributed by atoms with Crippen LogP contribution in [-0.2, 0) is 4.79 Å². The fraction of sp³-hybridized carbons (Fsp3) is 0.500. The Morgan fingerprint density at radius 1 is 1.50 bits per heavy atom. The van der Waals surface area contributed by atoms with Crippen LogP contribution in [0.3, 0.4) is 0 Å². The van der Waals surface area contributed by atoms with Crippen molar-refractivity contribution in [1.82, 2.24) is 9.88 Å². The smallest absolute Gasteiger partial charge is 0.326 e. The maximum atomic E-state index is 12.3. The first-order valence-corrected chi connectivity index (χ1v) is 6.29. The summed E-state index contributed by atoms with van der Waals surface area (Å²) >= 11 is 0. The molecule has 8 heteroatoms. The molecular weight excluding hydrogens is 266 g/mol. The number of hydrogen-bond acceptors (Lipinski definition) is 4. The lowest BCUT2D eigenvalue weighted by Gasteiger charge is -2.36. The van der Waals surface area contributed by atoms with Gasteiger partial charge in [0.15, 0.2) is 5.69 Å². The number of nitrogens with zero attached hydrogens (tertiary/aromatic N) is 2. The fourth-order valence-corrected chi connectivity index (χ4v) is 2.56. The van der Waals surface area contributed by atoms with Crippen molar-refractivity contribution in [3.05, 3.63) is 27.9 Å². The lowest BCUT2D eigenvalue weighted by Crippen LogP contribution is -2.52. The van der Waals surface area contributed by atoms with Crippen LogP contribution in [0, 0.1) is 16.0 Å². The van der Waals surface area contributed by atoms with E-state index < -0.39 is 22.8 Å². The average Bonchev–Trinajstić information content (AvgIpc) is 2.86. The minimum Gasteiger partial charge on any atom is -0.480 e. The number of carbonyl (C=O) groups is 2. The lowest BCUT2D eigenvalue weighted by atomic mass is 9.90. The predicted molar refractivity (Wildman–Crippen MR) is 68.3 cm³/mol. The molecule has 1 aromatic heterocycles. The molecule has 2 rings (SSSR count). The maximum Gasteiger partial charge on any atom is 0.326 e. The highest BCUT2D eigenvalue weighted by molar-refractivity contribution is 5.95.